The fourth-order valence-corrected chi connectivity index (χ4v) is 8.06. The highest BCUT2D eigenvalue weighted by molar-refractivity contribution is 6.45. The Morgan fingerprint density at radius 3 is 1.98 bits per heavy atom. The van der Waals surface area contributed by atoms with Crippen molar-refractivity contribution in [2.45, 2.75) is 115 Å². The summed E-state index contributed by atoms with van der Waals surface area (Å²) >= 11 is 0. The molecule has 6 fully saturated rings. The van der Waals surface area contributed by atoms with Gasteiger partial charge in [-0.2, -0.15) is 5.26 Å². The van der Waals surface area contributed by atoms with Crippen molar-refractivity contribution in [2.75, 3.05) is 13.1 Å². The third-order valence-corrected chi connectivity index (χ3v) is 10.6. The molecule has 3 aliphatic heterocycles. The van der Waals surface area contributed by atoms with Gasteiger partial charge in [0.05, 0.1) is 17.8 Å². The van der Waals surface area contributed by atoms with E-state index in [0.29, 0.717) is 37.3 Å². The van der Waals surface area contributed by atoms with Gasteiger partial charge in [-0.1, -0.05) is 26.7 Å². The van der Waals surface area contributed by atoms with Crippen molar-refractivity contribution in [3.63, 3.8) is 0 Å². The van der Waals surface area contributed by atoms with Crippen LogP contribution < -0.4 is 22.1 Å². The molecule has 3 aliphatic carbocycles. The van der Waals surface area contributed by atoms with Crippen LogP contribution in [0.3, 0.4) is 0 Å². The van der Waals surface area contributed by atoms with Crippen LogP contribution >= 0.6 is 0 Å². The van der Waals surface area contributed by atoms with Crippen molar-refractivity contribution >= 4 is 26.2 Å². The molecule has 0 amide bonds. The Balaban J connectivity index is 0.000000241. The summed E-state index contributed by atoms with van der Waals surface area (Å²) in [6.45, 7) is 9.48. The molecule has 10 N–H and O–H groups in total. The van der Waals surface area contributed by atoms with Gasteiger partial charge in [0.25, 0.3) is 0 Å². The molecule has 242 valence electrons. The third kappa shape index (κ3) is 8.10. The van der Waals surface area contributed by atoms with Crippen LogP contribution in [0.15, 0.2) is 0 Å². The van der Waals surface area contributed by atoms with Crippen molar-refractivity contribution in [2.24, 2.45) is 40.6 Å². The Morgan fingerprint density at radius 1 is 1.00 bits per heavy atom. The molecule has 0 spiro atoms. The van der Waals surface area contributed by atoms with Crippen LogP contribution in [0.2, 0.25) is 12.6 Å². The van der Waals surface area contributed by atoms with Gasteiger partial charge in [-0.15, -0.1) is 0 Å². The molecule has 3 saturated carbocycles. The second-order valence-electron chi connectivity index (χ2n) is 13.6. The molecule has 0 radical (unpaired) electrons. The molecule has 0 aromatic rings. The number of nitrogens with zero attached hydrogens (tertiary/aromatic N) is 1. The molecule has 3 heterocycles. The highest BCUT2D eigenvalue weighted by Crippen LogP contribution is 2.65. The first kappa shape index (κ1) is 35.7. The van der Waals surface area contributed by atoms with Gasteiger partial charge >= 0.3 is 26.2 Å². The summed E-state index contributed by atoms with van der Waals surface area (Å²) in [6, 6.07) is 0.380. The number of hydrogen-bond acceptors (Lipinski definition) is 11. The maximum atomic E-state index is 11.3. The van der Waals surface area contributed by atoms with Crippen LogP contribution in [0, 0.1) is 40.4 Å². The predicted octanol–water partition coefficient (Wildman–Crippen LogP) is 0.264. The monoisotopic (exact) mass is 607 g/mol. The molecule has 2 bridgehead atoms. The molecule has 13 nitrogen and oxygen atoms in total. The van der Waals surface area contributed by atoms with Gasteiger partial charge < -0.3 is 51.7 Å². The number of aliphatic carboxylic acids is 2. The first-order chi connectivity index (χ1) is 20.2. The van der Waals surface area contributed by atoms with Crippen molar-refractivity contribution < 1.29 is 39.2 Å². The summed E-state index contributed by atoms with van der Waals surface area (Å²) in [6.07, 6.45) is 6.52. The van der Waals surface area contributed by atoms with Crippen LogP contribution in [-0.4, -0.2) is 95.4 Å². The topological polar surface area (TPSA) is 233 Å². The van der Waals surface area contributed by atoms with E-state index in [1.54, 1.807) is 6.07 Å². The Morgan fingerprint density at radius 2 is 1.51 bits per heavy atom. The minimum atomic E-state index is -1.32. The van der Waals surface area contributed by atoms with E-state index in [9.17, 15) is 14.7 Å². The fourth-order valence-electron chi connectivity index (χ4n) is 8.06. The minimum absolute atomic E-state index is 0.0106. The lowest BCUT2D eigenvalue weighted by molar-refractivity contribution is -0.199. The standard InChI is InChI=1S/C18H31BN2O4.C8H17BN2O4.C2H3N/c1-17(2)10-7-13(17)18(3)14(8-10)24-19(25-18)6-4-5-11-12(20)9-21-15(11)16(22)23;10-6-4-11-7(8(12)13)5(6)2-1-3-9(14)15;1-2-3/h10-15,21H,4-9,20H2,1-3H3,(H,22,23);5-7,11,14-15H,1-4,10H2,(H,12,13);1H3/t10-,11?,12?,13-,14+,15+,18-;5?,6?,7-;/m10./s1. The first-order valence-electron chi connectivity index (χ1n) is 15.6. The Hall–Kier alpha value is -1.76. The molecule has 3 saturated heterocycles. The molecule has 4 unspecified atom stereocenters. The van der Waals surface area contributed by atoms with Gasteiger partial charge in [-0.25, -0.2) is 0 Å². The molecule has 6 rings (SSSR count). The zero-order chi connectivity index (χ0) is 32.1. The molecule has 10 atom stereocenters. The molecular weight excluding hydrogens is 556 g/mol. The summed E-state index contributed by atoms with van der Waals surface area (Å²) in [7, 11) is -1.47. The van der Waals surface area contributed by atoms with E-state index in [1.807, 2.05) is 0 Å². The maximum Gasteiger partial charge on any atom is 0.457 e. The number of rotatable bonds is 10. The molecule has 6 aliphatic rings. The van der Waals surface area contributed by atoms with E-state index in [2.05, 4.69) is 31.4 Å². The predicted molar refractivity (Wildman–Crippen MR) is 161 cm³/mol. The summed E-state index contributed by atoms with van der Waals surface area (Å²) in [5.41, 5.74) is 12.1. The lowest BCUT2D eigenvalue weighted by Gasteiger charge is -2.64. The lowest BCUT2D eigenvalue weighted by atomic mass is 9.43. The highest BCUT2D eigenvalue weighted by atomic mass is 16.7. The molecular formula is C28H51B2N5O8. The van der Waals surface area contributed by atoms with Crippen LogP contribution in [0.5, 0.6) is 0 Å². The van der Waals surface area contributed by atoms with E-state index in [4.69, 9.17) is 41.2 Å². The SMILES string of the molecule is CC#N.CC1(C)[C@H]2C[C@@H]3OB(CCCC4C(N)CN[C@@H]4C(=O)O)O[C@]3(C)[C@@H]1C2.NC1CN[C@H](C(=O)O)C1CCCB(O)O. The summed E-state index contributed by atoms with van der Waals surface area (Å²) < 4.78 is 12.7. The zero-order valence-corrected chi connectivity index (χ0v) is 25.9. The summed E-state index contributed by atoms with van der Waals surface area (Å²) in [5, 5.41) is 48.7. The summed E-state index contributed by atoms with van der Waals surface area (Å²) in [5.74, 6) is -0.483. The largest absolute Gasteiger partial charge is 0.480 e. The second kappa shape index (κ2) is 15.0. The number of hydrogen-bond donors (Lipinski definition) is 8. The quantitative estimate of drug-likeness (QED) is 0.156. The average Bonchev–Trinajstić information content (AvgIpc) is 3.58. The second-order valence-corrected chi connectivity index (χ2v) is 13.6. The highest BCUT2D eigenvalue weighted by Gasteiger charge is 2.67. The smallest absolute Gasteiger partial charge is 0.457 e. The Bertz CT molecular complexity index is 1000. The fraction of sp³-hybridized carbons (Fsp3) is 0.893. The van der Waals surface area contributed by atoms with E-state index in [-0.39, 0.29) is 49.1 Å². The zero-order valence-electron chi connectivity index (χ0n) is 25.9. The minimum Gasteiger partial charge on any atom is -0.480 e. The van der Waals surface area contributed by atoms with E-state index in [0.717, 1.165) is 31.5 Å². The molecule has 0 aromatic heterocycles. The van der Waals surface area contributed by atoms with Gasteiger partial charge in [-0.3, -0.25) is 9.59 Å². The van der Waals surface area contributed by atoms with Crippen molar-refractivity contribution in [3.05, 3.63) is 0 Å². The molecule has 15 heteroatoms. The van der Waals surface area contributed by atoms with E-state index >= 15 is 0 Å². The average molecular weight is 607 g/mol. The Labute approximate surface area is 255 Å². The van der Waals surface area contributed by atoms with Gasteiger partial charge in [-0.05, 0) is 62.5 Å². The normalized spacial score (nSPS) is 38.4. The number of carboxylic acids is 2. The van der Waals surface area contributed by atoms with Gasteiger partial charge in [0.1, 0.15) is 12.1 Å². The van der Waals surface area contributed by atoms with E-state index < -0.39 is 31.1 Å². The Kier molecular flexibility index (Phi) is 12.5. The maximum absolute atomic E-state index is 11.3. The van der Waals surface area contributed by atoms with E-state index in [1.165, 1.54) is 13.3 Å². The van der Waals surface area contributed by atoms with Crippen molar-refractivity contribution in [1.29, 1.82) is 5.26 Å². The number of nitrogens with two attached hydrogens (primary N) is 2. The number of carbonyl (C=O) groups is 2. The van der Waals surface area contributed by atoms with Gasteiger partial charge in [0, 0.05) is 43.9 Å². The van der Waals surface area contributed by atoms with Gasteiger partial charge in [0.2, 0.25) is 0 Å². The number of nitrogens with one attached hydrogen (secondary N) is 2. The molecule has 43 heavy (non-hydrogen) atoms. The number of carboxylic acid groups (broad SMARTS) is 2. The van der Waals surface area contributed by atoms with Crippen molar-refractivity contribution in [1.82, 2.24) is 10.6 Å². The third-order valence-electron chi connectivity index (χ3n) is 10.6. The van der Waals surface area contributed by atoms with Crippen LogP contribution in [0.25, 0.3) is 0 Å². The first-order valence-corrected chi connectivity index (χ1v) is 15.6. The lowest BCUT2D eigenvalue weighted by Crippen LogP contribution is -2.65. The van der Waals surface area contributed by atoms with Gasteiger partial charge in [0.15, 0.2) is 0 Å². The van der Waals surface area contributed by atoms with Crippen molar-refractivity contribution in [3.8, 4) is 6.07 Å². The summed E-state index contributed by atoms with van der Waals surface area (Å²) in [4.78, 5) is 22.2. The molecule has 0 aromatic carbocycles. The number of nitriles is 1. The van der Waals surface area contributed by atoms with Crippen LogP contribution in [0.4, 0.5) is 0 Å². The van der Waals surface area contributed by atoms with Crippen LogP contribution in [-0.2, 0) is 18.9 Å². The van der Waals surface area contributed by atoms with Crippen LogP contribution in [0.1, 0.15) is 66.2 Å².